The molecule has 1 unspecified atom stereocenters. The SMILES string of the molecule is CC(C)CC(NCCCC(=O)C(=O)O)C(=O)O. The molecule has 1 atom stereocenters. The largest absolute Gasteiger partial charge is 0.480 e. The molecule has 0 aliphatic rings. The first-order valence-corrected chi connectivity index (χ1v) is 5.57. The minimum absolute atomic E-state index is 0.0731. The Labute approximate surface area is 100 Å². The van der Waals surface area contributed by atoms with Crippen molar-refractivity contribution < 1.29 is 24.6 Å². The molecule has 0 fully saturated rings. The van der Waals surface area contributed by atoms with E-state index in [9.17, 15) is 14.4 Å². The summed E-state index contributed by atoms with van der Waals surface area (Å²) in [4.78, 5) is 31.8. The van der Waals surface area contributed by atoms with Crippen LogP contribution < -0.4 is 5.32 Å². The standard InChI is InChI=1S/C11H19NO5/c1-7(2)6-8(10(14)15)12-5-3-4-9(13)11(16)17/h7-8,12H,3-6H2,1-2H3,(H,14,15)(H,16,17). The van der Waals surface area contributed by atoms with E-state index < -0.39 is 23.8 Å². The normalized spacial score (nSPS) is 12.4. The highest BCUT2D eigenvalue weighted by atomic mass is 16.4. The van der Waals surface area contributed by atoms with Gasteiger partial charge in [-0.15, -0.1) is 0 Å². The molecule has 0 saturated heterocycles. The molecule has 6 heteroatoms. The third-order valence-electron chi connectivity index (χ3n) is 2.22. The van der Waals surface area contributed by atoms with Crippen LogP contribution in [0.3, 0.4) is 0 Å². The Balaban J connectivity index is 3.87. The lowest BCUT2D eigenvalue weighted by Gasteiger charge is -2.15. The zero-order valence-corrected chi connectivity index (χ0v) is 10.1. The van der Waals surface area contributed by atoms with Gasteiger partial charge in [-0.2, -0.15) is 0 Å². The molecule has 0 aliphatic carbocycles. The Morgan fingerprint density at radius 1 is 1.18 bits per heavy atom. The number of carboxylic acid groups (broad SMARTS) is 2. The number of carbonyl (C=O) groups is 3. The lowest BCUT2D eigenvalue weighted by molar-refractivity contribution is -0.149. The summed E-state index contributed by atoms with van der Waals surface area (Å²) < 4.78 is 0. The van der Waals surface area contributed by atoms with Crippen LogP contribution in [-0.4, -0.2) is 40.5 Å². The Kier molecular flexibility index (Phi) is 7.13. The van der Waals surface area contributed by atoms with E-state index in [4.69, 9.17) is 10.2 Å². The molecule has 0 heterocycles. The van der Waals surface area contributed by atoms with Crippen molar-refractivity contribution in [2.75, 3.05) is 6.54 Å². The van der Waals surface area contributed by atoms with E-state index in [1.54, 1.807) is 0 Å². The summed E-state index contributed by atoms with van der Waals surface area (Å²) in [5.74, 6) is -2.96. The summed E-state index contributed by atoms with van der Waals surface area (Å²) in [7, 11) is 0. The van der Waals surface area contributed by atoms with Gasteiger partial charge in [0.1, 0.15) is 6.04 Å². The first-order chi connectivity index (χ1) is 7.84. The Morgan fingerprint density at radius 2 is 1.76 bits per heavy atom. The Bertz CT molecular complexity index is 288. The second-order valence-electron chi connectivity index (χ2n) is 4.31. The van der Waals surface area contributed by atoms with Crippen LogP contribution in [0.25, 0.3) is 0 Å². The number of hydrogen-bond donors (Lipinski definition) is 3. The van der Waals surface area contributed by atoms with Crippen LogP contribution in [0.15, 0.2) is 0 Å². The average molecular weight is 245 g/mol. The van der Waals surface area contributed by atoms with Crippen LogP contribution in [-0.2, 0) is 14.4 Å². The van der Waals surface area contributed by atoms with Crippen molar-refractivity contribution in [3.8, 4) is 0 Å². The summed E-state index contributed by atoms with van der Waals surface area (Å²) >= 11 is 0. The van der Waals surface area contributed by atoms with Crippen molar-refractivity contribution in [3.63, 3.8) is 0 Å². The topological polar surface area (TPSA) is 104 Å². The minimum atomic E-state index is -1.44. The molecule has 17 heavy (non-hydrogen) atoms. The molecule has 98 valence electrons. The third kappa shape index (κ3) is 7.46. The smallest absolute Gasteiger partial charge is 0.372 e. The van der Waals surface area contributed by atoms with E-state index in [0.717, 1.165) is 0 Å². The fraction of sp³-hybridized carbons (Fsp3) is 0.727. The first-order valence-electron chi connectivity index (χ1n) is 5.57. The quantitative estimate of drug-likeness (QED) is 0.404. The molecule has 0 aliphatic heterocycles. The van der Waals surface area contributed by atoms with Gasteiger partial charge in [0.15, 0.2) is 0 Å². The number of rotatable bonds is 9. The molecule has 0 aromatic heterocycles. The van der Waals surface area contributed by atoms with Crippen LogP contribution in [0.4, 0.5) is 0 Å². The minimum Gasteiger partial charge on any atom is -0.480 e. The third-order valence-corrected chi connectivity index (χ3v) is 2.22. The van der Waals surface area contributed by atoms with Gasteiger partial charge in [0.25, 0.3) is 0 Å². The van der Waals surface area contributed by atoms with Crippen LogP contribution in [0.2, 0.25) is 0 Å². The molecule has 3 N–H and O–H groups in total. The lowest BCUT2D eigenvalue weighted by Crippen LogP contribution is -2.38. The summed E-state index contributed by atoms with van der Waals surface area (Å²) in [5.41, 5.74) is 0. The number of hydrogen-bond acceptors (Lipinski definition) is 4. The highest BCUT2D eigenvalue weighted by Crippen LogP contribution is 2.05. The van der Waals surface area contributed by atoms with Crippen LogP contribution >= 0.6 is 0 Å². The van der Waals surface area contributed by atoms with E-state index in [1.165, 1.54) is 0 Å². The van der Waals surface area contributed by atoms with Gasteiger partial charge in [0.2, 0.25) is 5.78 Å². The number of aliphatic carboxylic acids is 2. The van der Waals surface area contributed by atoms with Crippen LogP contribution in [0.5, 0.6) is 0 Å². The summed E-state index contributed by atoms with van der Waals surface area (Å²) in [5, 5.41) is 20.0. The van der Waals surface area contributed by atoms with E-state index in [1.807, 2.05) is 13.8 Å². The van der Waals surface area contributed by atoms with Crippen molar-refractivity contribution in [1.82, 2.24) is 5.32 Å². The molecule has 0 saturated carbocycles. The molecular formula is C11H19NO5. The predicted octanol–water partition coefficient (Wildman–Crippen LogP) is 0.509. The van der Waals surface area contributed by atoms with Gasteiger partial charge in [-0.3, -0.25) is 9.59 Å². The maximum absolute atomic E-state index is 10.8. The second-order valence-corrected chi connectivity index (χ2v) is 4.31. The summed E-state index contributed by atoms with van der Waals surface area (Å²) in [6.07, 6.45) is 0.756. The van der Waals surface area contributed by atoms with E-state index in [0.29, 0.717) is 19.4 Å². The second kappa shape index (κ2) is 7.78. The van der Waals surface area contributed by atoms with Crippen molar-refractivity contribution in [2.24, 2.45) is 5.92 Å². The maximum atomic E-state index is 10.8. The van der Waals surface area contributed by atoms with Gasteiger partial charge in [0, 0.05) is 6.42 Å². The van der Waals surface area contributed by atoms with Crippen molar-refractivity contribution in [1.29, 1.82) is 0 Å². The fourth-order valence-electron chi connectivity index (χ4n) is 1.38. The fourth-order valence-corrected chi connectivity index (χ4v) is 1.38. The number of Topliss-reactive ketones (excluding diaryl/α,β-unsaturated/α-hetero) is 1. The number of ketones is 1. The average Bonchev–Trinajstić information content (AvgIpc) is 2.21. The number of nitrogens with one attached hydrogen (secondary N) is 1. The maximum Gasteiger partial charge on any atom is 0.372 e. The zero-order valence-electron chi connectivity index (χ0n) is 10.1. The highest BCUT2D eigenvalue weighted by molar-refractivity contribution is 6.32. The van der Waals surface area contributed by atoms with E-state index in [2.05, 4.69) is 5.32 Å². The molecule has 0 bridgehead atoms. The number of carboxylic acids is 2. The monoisotopic (exact) mass is 245 g/mol. The molecule has 6 nitrogen and oxygen atoms in total. The van der Waals surface area contributed by atoms with Gasteiger partial charge in [0.05, 0.1) is 0 Å². The van der Waals surface area contributed by atoms with E-state index in [-0.39, 0.29) is 12.3 Å². The highest BCUT2D eigenvalue weighted by Gasteiger charge is 2.18. The van der Waals surface area contributed by atoms with E-state index >= 15 is 0 Å². The van der Waals surface area contributed by atoms with Gasteiger partial charge in [-0.1, -0.05) is 13.8 Å². The Hall–Kier alpha value is -1.43. The summed E-state index contributed by atoms with van der Waals surface area (Å²) in [6, 6.07) is -0.644. The van der Waals surface area contributed by atoms with Crippen molar-refractivity contribution >= 4 is 17.7 Å². The molecule has 0 rings (SSSR count). The molecule has 0 amide bonds. The zero-order chi connectivity index (χ0) is 13.4. The van der Waals surface area contributed by atoms with Gasteiger partial charge < -0.3 is 15.5 Å². The van der Waals surface area contributed by atoms with Gasteiger partial charge >= 0.3 is 11.9 Å². The van der Waals surface area contributed by atoms with Crippen molar-refractivity contribution in [3.05, 3.63) is 0 Å². The van der Waals surface area contributed by atoms with Crippen LogP contribution in [0.1, 0.15) is 33.1 Å². The molecule has 0 aromatic rings. The van der Waals surface area contributed by atoms with Gasteiger partial charge in [-0.25, -0.2) is 4.79 Å². The van der Waals surface area contributed by atoms with Crippen LogP contribution in [0, 0.1) is 5.92 Å². The van der Waals surface area contributed by atoms with Crippen molar-refractivity contribution in [2.45, 2.75) is 39.2 Å². The number of carbonyl (C=O) groups excluding carboxylic acids is 1. The molecular weight excluding hydrogens is 226 g/mol. The Morgan fingerprint density at radius 3 is 2.18 bits per heavy atom. The first kappa shape index (κ1) is 15.6. The van der Waals surface area contributed by atoms with Gasteiger partial charge in [-0.05, 0) is 25.3 Å². The molecule has 0 spiro atoms. The molecule has 0 radical (unpaired) electrons. The lowest BCUT2D eigenvalue weighted by atomic mass is 10.0. The predicted molar refractivity (Wildman–Crippen MR) is 60.8 cm³/mol. The summed E-state index contributed by atoms with van der Waals surface area (Å²) in [6.45, 7) is 4.17. The molecule has 0 aromatic carbocycles.